The minimum Gasteiger partial charge on any atom is -0.507 e. The molecule has 69 heavy (non-hydrogen) atoms. The van der Waals surface area contributed by atoms with Crippen LogP contribution in [0.3, 0.4) is 0 Å². The van der Waals surface area contributed by atoms with Gasteiger partial charge in [0, 0.05) is 104 Å². The number of nitrogens with zero attached hydrogens (tertiary/aromatic N) is 3. The van der Waals surface area contributed by atoms with E-state index in [9.17, 15) is 39.3 Å². The molecule has 10 atom stereocenters. The molecule has 0 radical (unpaired) electrons. The molecule has 17 nitrogen and oxygen atoms in total. The lowest BCUT2D eigenvalue weighted by atomic mass is 9.78. The highest BCUT2D eigenvalue weighted by Gasteiger charge is 2.54. The van der Waals surface area contributed by atoms with Gasteiger partial charge in [0.25, 0.3) is 11.7 Å². The van der Waals surface area contributed by atoms with E-state index in [0.717, 1.165) is 25.8 Å². The first-order valence-corrected chi connectivity index (χ1v) is 25.4. The van der Waals surface area contributed by atoms with Crippen molar-refractivity contribution in [2.75, 3.05) is 39.8 Å². The van der Waals surface area contributed by atoms with Gasteiger partial charge in [0.05, 0.1) is 47.1 Å². The van der Waals surface area contributed by atoms with Gasteiger partial charge in [-0.05, 0) is 39.2 Å². The third-order valence-electron chi connectivity index (χ3n) is 14.8. The highest BCUT2D eigenvalue weighted by atomic mass is 127. The van der Waals surface area contributed by atoms with Crippen molar-refractivity contribution in [2.24, 2.45) is 28.7 Å². The van der Waals surface area contributed by atoms with Crippen molar-refractivity contribution in [1.29, 1.82) is 0 Å². The number of aliphatic imine (C=N–C) groups is 1. The number of Topliss-reactive ketones (excluding diaryl/α,β-unsaturated/α-hetero) is 2. The van der Waals surface area contributed by atoms with Crippen LogP contribution in [0, 0.1) is 30.6 Å². The van der Waals surface area contributed by atoms with E-state index >= 15 is 0 Å². The smallest absolute Gasteiger partial charge is 0.315 e. The van der Waals surface area contributed by atoms with Crippen molar-refractivity contribution in [1.82, 2.24) is 20.4 Å². The minimum atomic E-state index is -2.02. The number of allylic oxidation sites excluding steroid dienone is 4. The Bertz CT molecular complexity index is 2380. The first kappa shape index (κ1) is 52.2. The first-order valence-electron chi connectivity index (χ1n) is 24.2. The molecule has 6 heterocycles. The number of carbonyl (C=O) groups is 5. The van der Waals surface area contributed by atoms with Gasteiger partial charge in [0.2, 0.25) is 11.7 Å². The molecule has 18 heteroatoms. The molecule has 2 fully saturated rings. The summed E-state index contributed by atoms with van der Waals surface area (Å²) in [7, 11) is 1.44. The monoisotopic (exact) mass is 1070 g/mol. The number of benzene rings is 1. The number of esters is 1. The number of phenols is 1. The van der Waals surface area contributed by atoms with Gasteiger partial charge in [0.15, 0.2) is 0 Å². The maximum atomic E-state index is 14.9. The van der Waals surface area contributed by atoms with Crippen molar-refractivity contribution in [3.8, 4) is 11.5 Å². The van der Waals surface area contributed by atoms with Crippen LogP contribution in [0.5, 0.6) is 11.5 Å². The second kappa shape index (κ2) is 21.0. The fourth-order valence-electron chi connectivity index (χ4n) is 10.5. The summed E-state index contributed by atoms with van der Waals surface area (Å²) < 4.78 is 24.9. The lowest BCUT2D eigenvalue weighted by Crippen LogP contribution is -2.51. The van der Waals surface area contributed by atoms with Gasteiger partial charge in [-0.2, -0.15) is 0 Å². The van der Waals surface area contributed by atoms with E-state index in [1.807, 2.05) is 0 Å². The second-order valence-electron chi connectivity index (χ2n) is 19.9. The number of hydrogen-bond donors (Lipinski definition) is 5. The zero-order valence-electron chi connectivity index (χ0n) is 41.1. The minimum absolute atomic E-state index is 0.00662. The number of likely N-dealkylation sites (tertiary alicyclic amines) is 2. The van der Waals surface area contributed by atoms with Crippen LogP contribution in [-0.4, -0.2) is 140 Å². The maximum absolute atomic E-state index is 14.9. The molecule has 8 rings (SSSR count). The number of carbonyl (C=O) groups excluding carboxylic acids is 5. The Morgan fingerprint density at radius 1 is 0.942 bits per heavy atom. The average Bonchev–Trinajstić information content (AvgIpc) is 3.82. The molecule has 7 aliphatic rings. The standard InChI is InChI=1S/C51H68IN5O12/c1-26-14-13-15-27(2)49(65)53-41-40-39(54-51(55-40)17-21-56(22-18-51)25-28(3)52)36-37(45(41)63)44(62)32(7)47-38(36)48(64)50(8,69-47)67-23-16-33(66-9)29(4)46(31(6)43(61)30(5)42(26)60)68-35(59)24-34(58)57-19-11-10-12-20-57/h13-16,23,26,28-31,33,42-43,46,55,60-62H,10-12,17-22,24-25H2,1-9H3,(H,53,65)/b14-13+,23-16+,27-15-/t26-,28?,29+,30+,31+,33-,42-,43+,46+,50-/m0/s1. The second-order valence-corrected chi connectivity index (χ2v) is 22.0. The number of piperidine rings is 2. The number of aliphatic hydroxyl groups is 2. The Hall–Kier alpha value is -4.63. The van der Waals surface area contributed by atoms with Crippen LogP contribution in [-0.2, 0) is 28.6 Å². The average molecular weight is 1070 g/mol. The summed E-state index contributed by atoms with van der Waals surface area (Å²) in [6.45, 7) is 17.0. The third-order valence-corrected chi connectivity index (χ3v) is 15.2. The SMILES string of the molecule is CO[C@H]1/C=C/O[C@@]2(C)Oc3c(C)c(O)c4c(c3C2=O)C2=NC3(CCN(CC(C)I)CC3)NC2=C(NC(=O)/C(C)=C\C=C\[C@H](C)[C@H](O)[C@@H](C)[C@@H](O)[C@@H](C)[C@H](OC(=O)CC(=O)N2CCCCC2)[C@@H]1C)C4=O. The van der Waals surface area contributed by atoms with Crippen LogP contribution in [0.4, 0.5) is 0 Å². The molecule has 1 aromatic rings. The Kier molecular flexibility index (Phi) is 15.9. The van der Waals surface area contributed by atoms with Crippen LogP contribution in [0.25, 0.3) is 0 Å². The number of amides is 2. The summed E-state index contributed by atoms with van der Waals surface area (Å²) in [6, 6.07) is 0. The fourth-order valence-corrected chi connectivity index (χ4v) is 11.1. The van der Waals surface area contributed by atoms with Gasteiger partial charge in [-0.3, -0.25) is 29.0 Å². The van der Waals surface area contributed by atoms with Gasteiger partial charge in [-0.25, -0.2) is 0 Å². The molecule has 2 amide bonds. The predicted molar refractivity (Wildman–Crippen MR) is 265 cm³/mol. The predicted octanol–water partition coefficient (Wildman–Crippen LogP) is 5.17. The normalized spacial score (nSPS) is 33.0. The lowest BCUT2D eigenvalue weighted by molar-refractivity contribution is -0.165. The Balaban J connectivity index is 1.29. The number of alkyl halides is 1. The number of phenolic OH excluding ortho intramolecular Hbond substituents is 1. The molecule has 376 valence electrons. The molecule has 1 spiro atoms. The quantitative estimate of drug-likeness (QED) is 0.107. The molecule has 0 aromatic heterocycles. The summed E-state index contributed by atoms with van der Waals surface area (Å²) in [5.41, 5.74) is -0.368. The maximum Gasteiger partial charge on any atom is 0.315 e. The van der Waals surface area contributed by atoms with E-state index in [1.165, 1.54) is 33.3 Å². The van der Waals surface area contributed by atoms with E-state index in [0.29, 0.717) is 42.9 Å². The van der Waals surface area contributed by atoms with Gasteiger partial charge < -0.3 is 54.7 Å². The Morgan fingerprint density at radius 3 is 2.28 bits per heavy atom. The summed E-state index contributed by atoms with van der Waals surface area (Å²) >= 11 is 2.40. The number of halogens is 1. The number of ketones is 2. The van der Waals surface area contributed by atoms with Gasteiger partial charge in [0.1, 0.15) is 35.4 Å². The number of ether oxygens (including phenoxy) is 4. The number of aliphatic hydroxyl groups excluding tert-OH is 2. The summed E-state index contributed by atoms with van der Waals surface area (Å²) in [6.07, 6.45) is 6.71. The fraction of sp³-hybridized carbons (Fsp3) is 0.608. The van der Waals surface area contributed by atoms with E-state index in [-0.39, 0.29) is 56.6 Å². The number of nitrogens with one attached hydrogen (secondary N) is 2. The van der Waals surface area contributed by atoms with E-state index < -0.39 is 95.2 Å². The molecule has 0 saturated carbocycles. The zero-order valence-corrected chi connectivity index (χ0v) is 43.3. The third kappa shape index (κ3) is 10.4. The van der Waals surface area contributed by atoms with Gasteiger partial charge in [-0.15, -0.1) is 0 Å². The largest absolute Gasteiger partial charge is 0.507 e. The molecule has 5 bridgehead atoms. The molecule has 5 N–H and O–H groups in total. The number of hydrogen-bond acceptors (Lipinski definition) is 15. The van der Waals surface area contributed by atoms with Crippen LogP contribution in [0.2, 0.25) is 0 Å². The molecule has 1 unspecified atom stereocenters. The zero-order chi connectivity index (χ0) is 50.3. The molecule has 1 aliphatic carbocycles. The van der Waals surface area contributed by atoms with Crippen LogP contribution < -0.4 is 15.4 Å². The molecule has 2 saturated heterocycles. The molecule has 1 aromatic carbocycles. The van der Waals surface area contributed by atoms with Crippen LogP contribution >= 0.6 is 22.6 Å². The highest BCUT2D eigenvalue weighted by molar-refractivity contribution is 14.1. The van der Waals surface area contributed by atoms with Crippen molar-refractivity contribution < 1.29 is 58.2 Å². The number of fused-ring (bicyclic) bond motifs is 13. The number of rotatable bonds is 6. The van der Waals surface area contributed by atoms with Crippen LogP contribution in [0.1, 0.15) is 119 Å². The first-order chi connectivity index (χ1) is 32.6. The van der Waals surface area contributed by atoms with E-state index in [1.54, 1.807) is 57.7 Å². The highest BCUT2D eigenvalue weighted by Crippen LogP contribution is 2.50. The van der Waals surface area contributed by atoms with Crippen molar-refractivity contribution in [2.45, 2.75) is 134 Å². The summed E-state index contributed by atoms with van der Waals surface area (Å²) in [5.74, 6) is -8.34. The van der Waals surface area contributed by atoms with Crippen molar-refractivity contribution in [3.05, 3.63) is 69.8 Å². The van der Waals surface area contributed by atoms with Crippen molar-refractivity contribution in [3.63, 3.8) is 0 Å². The summed E-state index contributed by atoms with van der Waals surface area (Å²) in [4.78, 5) is 79.7. The van der Waals surface area contributed by atoms with Crippen LogP contribution in [0.15, 0.2) is 52.5 Å². The Labute approximate surface area is 417 Å². The molecular formula is C51H68IN5O12. The van der Waals surface area contributed by atoms with E-state index in [2.05, 4.69) is 45.0 Å². The Morgan fingerprint density at radius 2 is 1.62 bits per heavy atom. The number of methoxy groups -OCH3 is 1. The topological polar surface area (TPSA) is 226 Å². The van der Waals surface area contributed by atoms with Crippen molar-refractivity contribution >= 4 is 57.7 Å². The van der Waals surface area contributed by atoms with Gasteiger partial charge >= 0.3 is 11.8 Å². The summed E-state index contributed by atoms with van der Waals surface area (Å²) in [5, 5.41) is 41.7. The lowest BCUT2D eigenvalue weighted by Gasteiger charge is -2.38. The molecule has 6 aliphatic heterocycles. The van der Waals surface area contributed by atoms with E-state index in [4.69, 9.17) is 23.9 Å². The number of aromatic hydroxyl groups is 1. The van der Waals surface area contributed by atoms with Gasteiger partial charge in [-0.1, -0.05) is 75.4 Å². The molecular weight excluding hydrogens is 1000 g/mol.